The fourth-order valence-electron chi connectivity index (χ4n) is 1.91. The summed E-state index contributed by atoms with van der Waals surface area (Å²) in [5.74, 6) is 0. The van der Waals surface area contributed by atoms with Crippen LogP contribution in [0.3, 0.4) is 0 Å². The maximum absolute atomic E-state index is 2.24. The van der Waals surface area contributed by atoms with Crippen LogP contribution in [-0.4, -0.2) is 10.5 Å². The molecule has 0 aromatic carbocycles. The van der Waals surface area contributed by atoms with Crippen molar-refractivity contribution in [3.05, 3.63) is 0 Å². The van der Waals surface area contributed by atoms with E-state index in [-0.39, 0.29) is 0 Å². The Labute approximate surface area is 67.8 Å². The van der Waals surface area contributed by atoms with Crippen LogP contribution in [0.25, 0.3) is 0 Å². The van der Waals surface area contributed by atoms with E-state index in [4.69, 9.17) is 0 Å². The Kier molecular flexibility index (Phi) is 2.22. The van der Waals surface area contributed by atoms with Gasteiger partial charge in [0.25, 0.3) is 0 Å². The first-order valence-corrected chi connectivity index (χ1v) is 5.56. The van der Waals surface area contributed by atoms with Crippen LogP contribution in [0, 0.1) is 0 Å². The van der Waals surface area contributed by atoms with E-state index < -0.39 is 0 Å². The van der Waals surface area contributed by atoms with Crippen molar-refractivity contribution in [1.29, 1.82) is 0 Å². The first-order chi connectivity index (χ1) is 4.97. The zero-order valence-electron chi connectivity index (χ0n) is 6.51. The highest BCUT2D eigenvalue weighted by Crippen LogP contribution is 2.48. The average Bonchev–Trinajstić information content (AvgIpc) is 2.66. The van der Waals surface area contributed by atoms with Crippen molar-refractivity contribution in [3.8, 4) is 0 Å². The van der Waals surface area contributed by atoms with Crippen LogP contribution < -0.4 is 0 Å². The summed E-state index contributed by atoms with van der Waals surface area (Å²) >= 11 is 2.24. The van der Waals surface area contributed by atoms with Gasteiger partial charge < -0.3 is 0 Å². The molecule has 10 heavy (non-hydrogen) atoms. The van der Waals surface area contributed by atoms with Crippen molar-refractivity contribution in [1.82, 2.24) is 0 Å². The second-order valence-electron chi connectivity index (χ2n) is 3.56. The van der Waals surface area contributed by atoms with Crippen LogP contribution in [0.15, 0.2) is 0 Å². The second-order valence-corrected chi connectivity index (χ2v) is 5.04. The van der Waals surface area contributed by atoms with Crippen LogP contribution in [0.2, 0.25) is 0 Å². The maximum Gasteiger partial charge on any atom is 0.0169 e. The summed E-state index contributed by atoms with van der Waals surface area (Å²) in [6.45, 7) is 0. The van der Waals surface area contributed by atoms with Gasteiger partial charge in [-0.3, -0.25) is 0 Å². The molecule has 1 aliphatic carbocycles. The van der Waals surface area contributed by atoms with E-state index in [1.54, 1.807) is 0 Å². The van der Waals surface area contributed by atoms with E-state index in [0.29, 0.717) is 0 Å². The first-order valence-electron chi connectivity index (χ1n) is 4.62. The molecule has 0 radical (unpaired) electrons. The van der Waals surface area contributed by atoms with Gasteiger partial charge >= 0.3 is 0 Å². The third-order valence-electron chi connectivity index (χ3n) is 2.66. The van der Waals surface area contributed by atoms with E-state index in [9.17, 15) is 0 Å². The molecular weight excluding hydrogens is 140 g/mol. The third-order valence-corrected chi connectivity index (χ3v) is 4.18. The highest BCUT2D eigenvalue weighted by Gasteiger charge is 2.36. The molecule has 1 aliphatic heterocycles. The van der Waals surface area contributed by atoms with Crippen molar-refractivity contribution in [2.75, 3.05) is 0 Å². The molecule has 2 atom stereocenters. The Hall–Kier alpha value is 0.350. The van der Waals surface area contributed by atoms with E-state index in [1.807, 2.05) is 0 Å². The number of thioether (sulfide) groups is 1. The van der Waals surface area contributed by atoms with Gasteiger partial charge in [-0.1, -0.05) is 32.1 Å². The van der Waals surface area contributed by atoms with Gasteiger partial charge in [-0.05, 0) is 12.8 Å². The molecule has 0 bridgehead atoms. The van der Waals surface area contributed by atoms with Crippen molar-refractivity contribution < 1.29 is 0 Å². The number of fused-ring (bicyclic) bond motifs is 1. The molecule has 0 aromatic heterocycles. The summed E-state index contributed by atoms with van der Waals surface area (Å²) in [6, 6.07) is 0. The van der Waals surface area contributed by atoms with Gasteiger partial charge in [0.1, 0.15) is 0 Å². The zero-order chi connectivity index (χ0) is 6.81. The molecule has 1 heterocycles. The molecule has 2 rings (SSSR count). The fraction of sp³-hybridized carbons (Fsp3) is 1.00. The van der Waals surface area contributed by atoms with Crippen LogP contribution >= 0.6 is 11.8 Å². The molecule has 1 saturated heterocycles. The van der Waals surface area contributed by atoms with Crippen molar-refractivity contribution in [3.63, 3.8) is 0 Å². The van der Waals surface area contributed by atoms with Crippen LogP contribution in [0.4, 0.5) is 0 Å². The van der Waals surface area contributed by atoms with Crippen molar-refractivity contribution in [2.45, 2.75) is 55.4 Å². The summed E-state index contributed by atoms with van der Waals surface area (Å²) in [5, 5.41) is 2.19. The smallest absolute Gasteiger partial charge is 0.0169 e. The summed E-state index contributed by atoms with van der Waals surface area (Å²) in [6.07, 6.45) is 10.6. The van der Waals surface area contributed by atoms with Gasteiger partial charge in [-0.25, -0.2) is 0 Å². The standard InChI is InChI=1S/C9H16S/c1-2-4-6-8-9(10-8)7-5-3-1/h8-9H,1-7H2. The summed E-state index contributed by atoms with van der Waals surface area (Å²) in [4.78, 5) is 0. The summed E-state index contributed by atoms with van der Waals surface area (Å²) in [5.41, 5.74) is 0. The summed E-state index contributed by atoms with van der Waals surface area (Å²) in [7, 11) is 0. The summed E-state index contributed by atoms with van der Waals surface area (Å²) < 4.78 is 0. The van der Waals surface area contributed by atoms with E-state index in [0.717, 1.165) is 10.5 Å². The van der Waals surface area contributed by atoms with Crippen LogP contribution in [0.5, 0.6) is 0 Å². The molecule has 2 fully saturated rings. The Bertz CT molecular complexity index is 99.3. The predicted molar refractivity (Wildman–Crippen MR) is 47.5 cm³/mol. The van der Waals surface area contributed by atoms with Gasteiger partial charge in [0.2, 0.25) is 0 Å². The largest absolute Gasteiger partial charge is 0.153 e. The molecule has 1 heteroatoms. The number of hydrogen-bond donors (Lipinski definition) is 0. The number of hydrogen-bond acceptors (Lipinski definition) is 1. The lowest BCUT2D eigenvalue weighted by Gasteiger charge is -1.95. The predicted octanol–water partition coefficient (Wildman–Crippen LogP) is 3.21. The second kappa shape index (κ2) is 3.17. The highest BCUT2D eigenvalue weighted by molar-refractivity contribution is 8.07. The zero-order valence-corrected chi connectivity index (χ0v) is 7.33. The molecule has 0 aromatic rings. The molecule has 0 spiro atoms. The molecule has 0 N–H and O–H groups in total. The molecule has 2 unspecified atom stereocenters. The lowest BCUT2D eigenvalue weighted by molar-refractivity contribution is 0.624. The quantitative estimate of drug-likeness (QED) is 0.485. The van der Waals surface area contributed by atoms with Gasteiger partial charge in [-0.15, -0.1) is 0 Å². The molecule has 2 aliphatic rings. The van der Waals surface area contributed by atoms with Gasteiger partial charge in [-0.2, -0.15) is 11.8 Å². The van der Waals surface area contributed by atoms with E-state index >= 15 is 0 Å². The van der Waals surface area contributed by atoms with Gasteiger partial charge in [0.15, 0.2) is 0 Å². The minimum Gasteiger partial charge on any atom is -0.153 e. The SMILES string of the molecule is C1CCCC2SC2CCC1. The van der Waals surface area contributed by atoms with Crippen molar-refractivity contribution in [2.24, 2.45) is 0 Å². The molecule has 0 nitrogen and oxygen atoms in total. The Morgan fingerprint density at radius 2 is 1.20 bits per heavy atom. The topological polar surface area (TPSA) is 0 Å². The lowest BCUT2D eigenvalue weighted by atomic mass is 10.1. The molecule has 0 amide bonds. The van der Waals surface area contributed by atoms with E-state index in [1.165, 1.54) is 44.9 Å². The highest BCUT2D eigenvalue weighted by atomic mass is 32.2. The molecule has 58 valence electrons. The fourth-order valence-corrected chi connectivity index (χ4v) is 3.14. The average molecular weight is 156 g/mol. The van der Waals surface area contributed by atoms with Crippen LogP contribution in [-0.2, 0) is 0 Å². The van der Waals surface area contributed by atoms with Gasteiger partial charge in [0.05, 0.1) is 0 Å². The van der Waals surface area contributed by atoms with Crippen molar-refractivity contribution >= 4 is 11.8 Å². The Morgan fingerprint density at radius 3 is 1.80 bits per heavy atom. The lowest BCUT2D eigenvalue weighted by Crippen LogP contribution is -1.91. The number of rotatable bonds is 0. The van der Waals surface area contributed by atoms with Crippen LogP contribution in [0.1, 0.15) is 44.9 Å². The molecule has 1 saturated carbocycles. The minimum atomic E-state index is 1.10. The maximum atomic E-state index is 2.24. The van der Waals surface area contributed by atoms with Gasteiger partial charge in [0, 0.05) is 10.5 Å². The Morgan fingerprint density at radius 1 is 0.700 bits per heavy atom. The molecular formula is C9H16S. The monoisotopic (exact) mass is 156 g/mol. The first kappa shape index (κ1) is 7.02. The van der Waals surface area contributed by atoms with E-state index in [2.05, 4.69) is 11.8 Å². The normalized spacial score (nSPS) is 40.8. The Balaban J connectivity index is 1.77. The minimum absolute atomic E-state index is 1.10. The third kappa shape index (κ3) is 1.69.